The van der Waals surface area contributed by atoms with Gasteiger partial charge >= 0.3 is 6.18 Å². The van der Waals surface area contributed by atoms with Gasteiger partial charge < -0.3 is 5.11 Å². The molecule has 0 fully saturated rings. The minimum Gasteiger partial charge on any atom is -0.396 e. The molecule has 3 aromatic rings. The zero-order valence-corrected chi connectivity index (χ0v) is 20.7. The number of aliphatic imine (C=N–C) groups is 1. The van der Waals surface area contributed by atoms with E-state index in [1.165, 1.54) is 23.5 Å². The SMILES string of the molecule is O=C(Cc1ccc(C2=CN=C(CC(=O)C(CCCO)c3cccc(C(F)(F)F)c3)C2)cc1)c1cscn1. The van der Waals surface area contributed by atoms with Crippen molar-refractivity contribution in [3.8, 4) is 0 Å². The summed E-state index contributed by atoms with van der Waals surface area (Å²) in [6.45, 7) is -0.152. The third-order valence-corrected chi connectivity index (χ3v) is 6.83. The molecule has 1 aliphatic heterocycles. The third kappa shape index (κ3) is 6.87. The first-order valence-electron chi connectivity index (χ1n) is 11.8. The summed E-state index contributed by atoms with van der Waals surface area (Å²) in [5.41, 5.74) is 4.93. The second kappa shape index (κ2) is 11.7. The Balaban J connectivity index is 1.38. The van der Waals surface area contributed by atoms with E-state index in [4.69, 9.17) is 0 Å². The molecule has 1 aromatic heterocycles. The number of carbonyl (C=O) groups excluding carboxylic acids is 2. The lowest BCUT2D eigenvalue weighted by molar-refractivity contribution is -0.137. The molecular weight excluding hydrogens is 501 g/mol. The molecule has 192 valence electrons. The molecule has 0 saturated carbocycles. The van der Waals surface area contributed by atoms with E-state index in [1.807, 2.05) is 24.3 Å². The molecule has 0 amide bonds. The van der Waals surface area contributed by atoms with Gasteiger partial charge in [0, 0.05) is 49.1 Å². The van der Waals surface area contributed by atoms with Crippen LogP contribution < -0.4 is 0 Å². The number of thiazole rings is 1. The molecule has 4 rings (SSSR count). The molecule has 0 spiro atoms. The van der Waals surface area contributed by atoms with Crippen molar-refractivity contribution in [1.82, 2.24) is 4.98 Å². The number of halogens is 3. The smallest absolute Gasteiger partial charge is 0.396 e. The maximum atomic E-state index is 13.2. The summed E-state index contributed by atoms with van der Waals surface area (Å²) in [5, 5.41) is 11.0. The Kier molecular flexibility index (Phi) is 8.45. The lowest BCUT2D eigenvalue weighted by Gasteiger charge is -2.18. The highest BCUT2D eigenvalue weighted by atomic mass is 32.1. The number of alkyl halides is 3. The van der Waals surface area contributed by atoms with Crippen molar-refractivity contribution in [2.75, 3.05) is 6.61 Å². The Morgan fingerprint density at radius 3 is 2.54 bits per heavy atom. The van der Waals surface area contributed by atoms with Crippen molar-refractivity contribution in [3.05, 3.63) is 93.6 Å². The van der Waals surface area contributed by atoms with Gasteiger partial charge in [0.25, 0.3) is 0 Å². The Morgan fingerprint density at radius 2 is 1.86 bits per heavy atom. The number of aliphatic hydroxyl groups is 1. The minimum atomic E-state index is -4.50. The average molecular weight is 527 g/mol. The molecule has 1 atom stereocenters. The number of nitrogens with zero attached hydrogens (tertiary/aromatic N) is 2. The van der Waals surface area contributed by atoms with E-state index in [-0.39, 0.29) is 37.4 Å². The lowest BCUT2D eigenvalue weighted by atomic mass is 9.86. The van der Waals surface area contributed by atoms with Crippen molar-refractivity contribution in [3.63, 3.8) is 0 Å². The predicted molar refractivity (Wildman–Crippen MR) is 137 cm³/mol. The number of aromatic nitrogens is 1. The van der Waals surface area contributed by atoms with Gasteiger partial charge in [-0.1, -0.05) is 42.5 Å². The average Bonchev–Trinajstić information content (AvgIpc) is 3.57. The summed E-state index contributed by atoms with van der Waals surface area (Å²) >= 11 is 1.38. The number of aliphatic hydroxyl groups excluding tert-OH is 1. The number of hydrogen-bond donors (Lipinski definition) is 1. The van der Waals surface area contributed by atoms with Crippen molar-refractivity contribution in [1.29, 1.82) is 0 Å². The Bertz CT molecular complexity index is 1310. The molecule has 9 heteroatoms. The van der Waals surface area contributed by atoms with Crippen molar-refractivity contribution in [2.24, 2.45) is 4.99 Å². The van der Waals surface area contributed by atoms with Crippen LogP contribution in [0.3, 0.4) is 0 Å². The molecule has 0 radical (unpaired) electrons. The number of carbonyl (C=O) groups is 2. The fraction of sp³-hybridized carbons (Fsp3) is 0.286. The highest BCUT2D eigenvalue weighted by Crippen LogP contribution is 2.33. The van der Waals surface area contributed by atoms with Crippen LogP contribution in [0.1, 0.15) is 64.3 Å². The quantitative estimate of drug-likeness (QED) is 0.298. The second-order valence-corrected chi connectivity index (χ2v) is 9.60. The van der Waals surface area contributed by atoms with Gasteiger partial charge in [0.05, 0.1) is 11.1 Å². The zero-order chi connectivity index (χ0) is 26.4. The molecule has 0 bridgehead atoms. The van der Waals surface area contributed by atoms with Gasteiger partial charge in [0.15, 0.2) is 5.78 Å². The van der Waals surface area contributed by atoms with Crippen molar-refractivity contribution in [2.45, 2.75) is 44.2 Å². The monoisotopic (exact) mass is 526 g/mol. The molecule has 37 heavy (non-hydrogen) atoms. The van der Waals surface area contributed by atoms with E-state index in [0.717, 1.165) is 28.8 Å². The predicted octanol–water partition coefficient (Wildman–Crippen LogP) is 6.29. The van der Waals surface area contributed by atoms with Gasteiger partial charge in [0.2, 0.25) is 0 Å². The summed E-state index contributed by atoms with van der Waals surface area (Å²) in [6, 6.07) is 12.4. The Labute approximate surface area is 216 Å². The molecule has 5 nitrogen and oxygen atoms in total. The van der Waals surface area contributed by atoms with E-state index in [1.54, 1.807) is 17.1 Å². The second-order valence-electron chi connectivity index (χ2n) is 8.88. The van der Waals surface area contributed by atoms with Crippen molar-refractivity contribution < 1.29 is 27.9 Å². The highest BCUT2D eigenvalue weighted by molar-refractivity contribution is 7.07. The molecule has 0 saturated heterocycles. The summed E-state index contributed by atoms with van der Waals surface area (Å²) in [6.07, 6.45) is -1.51. The van der Waals surface area contributed by atoms with Crippen LogP contribution in [0.15, 0.2) is 70.6 Å². The normalized spacial score (nSPS) is 14.3. The first kappa shape index (κ1) is 26.6. The van der Waals surface area contributed by atoms with Crippen LogP contribution in [-0.4, -0.2) is 34.0 Å². The van der Waals surface area contributed by atoms with E-state index < -0.39 is 17.7 Å². The minimum absolute atomic E-state index is 0.0204. The molecular formula is C28H25F3N2O3S. The number of allylic oxidation sites excluding steroid dienone is 1. The number of rotatable bonds is 11. The largest absolute Gasteiger partial charge is 0.416 e. The van der Waals surface area contributed by atoms with Gasteiger partial charge in [-0.05, 0) is 41.2 Å². The van der Waals surface area contributed by atoms with Crippen LogP contribution in [0.5, 0.6) is 0 Å². The molecule has 1 unspecified atom stereocenters. The maximum Gasteiger partial charge on any atom is 0.416 e. The molecule has 2 heterocycles. The van der Waals surface area contributed by atoms with Crippen LogP contribution in [0.2, 0.25) is 0 Å². The molecule has 2 aromatic carbocycles. The number of ketones is 2. The summed E-state index contributed by atoms with van der Waals surface area (Å²) in [5.74, 6) is -1.03. The van der Waals surface area contributed by atoms with Gasteiger partial charge in [-0.3, -0.25) is 14.6 Å². The Morgan fingerprint density at radius 1 is 1.08 bits per heavy atom. The van der Waals surface area contributed by atoms with Gasteiger partial charge in [-0.2, -0.15) is 13.2 Å². The first-order valence-corrected chi connectivity index (χ1v) is 12.7. The maximum absolute atomic E-state index is 13.2. The van der Waals surface area contributed by atoms with Crippen LogP contribution in [0.4, 0.5) is 13.2 Å². The van der Waals surface area contributed by atoms with E-state index in [2.05, 4.69) is 9.98 Å². The van der Waals surface area contributed by atoms with Crippen LogP contribution in [-0.2, 0) is 17.4 Å². The highest BCUT2D eigenvalue weighted by Gasteiger charge is 2.32. The number of hydrogen-bond acceptors (Lipinski definition) is 6. The fourth-order valence-electron chi connectivity index (χ4n) is 4.29. The van der Waals surface area contributed by atoms with E-state index >= 15 is 0 Å². The summed E-state index contributed by atoms with van der Waals surface area (Å²) < 4.78 is 39.6. The topological polar surface area (TPSA) is 79.6 Å². The molecule has 1 N–H and O–H groups in total. The van der Waals surface area contributed by atoms with Crippen LogP contribution >= 0.6 is 11.3 Å². The molecule has 1 aliphatic rings. The number of benzene rings is 2. The zero-order valence-electron chi connectivity index (χ0n) is 19.9. The van der Waals surface area contributed by atoms with E-state index in [0.29, 0.717) is 29.8 Å². The third-order valence-electron chi connectivity index (χ3n) is 6.24. The van der Waals surface area contributed by atoms with Gasteiger partial charge in [-0.25, -0.2) is 4.98 Å². The Hall–Kier alpha value is -3.43. The van der Waals surface area contributed by atoms with Gasteiger partial charge in [-0.15, -0.1) is 11.3 Å². The summed E-state index contributed by atoms with van der Waals surface area (Å²) in [7, 11) is 0. The molecule has 0 aliphatic carbocycles. The lowest BCUT2D eigenvalue weighted by Crippen LogP contribution is -2.18. The van der Waals surface area contributed by atoms with Crippen LogP contribution in [0, 0.1) is 0 Å². The van der Waals surface area contributed by atoms with Gasteiger partial charge in [0.1, 0.15) is 11.5 Å². The fourth-order valence-corrected chi connectivity index (χ4v) is 4.85. The standard InChI is InChI=1S/C28H25F3N2O3S/c29-28(30,31)22-4-1-3-20(12-22)24(5-2-10-34)26(35)14-23-13-21(15-32-23)19-8-6-18(7-9-19)11-27(36)25-16-37-17-33-25/h1,3-4,6-9,12,15-17,24,34H,2,5,10-11,13-14H2. The number of Topliss-reactive ketones (excluding diaryl/α,β-unsaturated/α-hetero) is 2. The first-order chi connectivity index (χ1) is 17.7. The van der Waals surface area contributed by atoms with Crippen molar-refractivity contribution >= 4 is 34.2 Å². The summed E-state index contributed by atoms with van der Waals surface area (Å²) in [4.78, 5) is 33.9. The van der Waals surface area contributed by atoms with E-state index in [9.17, 15) is 27.9 Å². The van der Waals surface area contributed by atoms with Crippen LogP contribution in [0.25, 0.3) is 5.57 Å².